The molecule has 14 heavy (non-hydrogen) atoms. The van der Waals surface area contributed by atoms with Crippen molar-refractivity contribution >= 4 is 0 Å². The Hall–Kier alpha value is -0.300. The van der Waals surface area contributed by atoms with Crippen LogP contribution in [0, 0.1) is 17.3 Å². The van der Waals surface area contributed by atoms with E-state index in [1.165, 1.54) is 12.8 Å². The summed E-state index contributed by atoms with van der Waals surface area (Å²) >= 11 is 0. The Morgan fingerprint density at radius 1 is 1.21 bits per heavy atom. The van der Waals surface area contributed by atoms with E-state index >= 15 is 0 Å². The summed E-state index contributed by atoms with van der Waals surface area (Å²) in [7, 11) is 0. The minimum Gasteiger partial charge on any atom is -0.392 e. The molecule has 1 heteroatoms. The molecular weight excluding hydrogens is 172 g/mol. The van der Waals surface area contributed by atoms with Crippen LogP contribution in [0.15, 0.2) is 12.7 Å². The summed E-state index contributed by atoms with van der Waals surface area (Å²) in [6.07, 6.45) is 6.67. The van der Waals surface area contributed by atoms with Gasteiger partial charge in [-0.05, 0) is 42.9 Å². The standard InChI is InChI=1S/C13H24O/c1-5-10-6-8-11(9-7-10)12(14)13(2,3)4/h5,10-12,14H,1,6-9H2,2-4H3. The van der Waals surface area contributed by atoms with E-state index in [0.717, 1.165) is 12.8 Å². The topological polar surface area (TPSA) is 20.2 Å². The first-order chi connectivity index (χ1) is 6.45. The van der Waals surface area contributed by atoms with E-state index < -0.39 is 0 Å². The van der Waals surface area contributed by atoms with E-state index in [9.17, 15) is 5.11 Å². The maximum atomic E-state index is 10.1. The van der Waals surface area contributed by atoms with E-state index in [0.29, 0.717) is 11.8 Å². The Kier molecular flexibility index (Phi) is 3.77. The zero-order valence-corrected chi connectivity index (χ0v) is 9.79. The molecule has 0 aromatic rings. The van der Waals surface area contributed by atoms with Crippen molar-refractivity contribution in [2.75, 3.05) is 0 Å². The Balaban J connectivity index is 2.45. The summed E-state index contributed by atoms with van der Waals surface area (Å²) in [5.74, 6) is 1.20. The zero-order chi connectivity index (χ0) is 10.8. The largest absolute Gasteiger partial charge is 0.392 e. The second-order valence-electron chi connectivity index (χ2n) is 5.72. The minimum atomic E-state index is -0.145. The molecule has 0 bridgehead atoms. The first-order valence-corrected chi connectivity index (χ1v) is 5.75. The normalized spacial score (nSPS) is 31.1. The average Bonchev–Trinajstić information content (AvgIpc) is 2.15. The highest BCUT2D eigenvalue weighted by Crippen LogP contribution is 2.36. The molecule has 0 radical (unpaired) electrons. The highest BCUT2D eigenvalue weighted by Gasteiger charge is 2.32. The van der Waals surface area contributed by atoms with E-state index in [1.807, 2.05) is 0 Å². The molecule has 0 heterocycles. The fourth-order valence-electron chi connectivity index (χ4n) is 2.40. The van der Waals surface area contributed by atoms with Gasteiger partial charge in [0.1, 0.15) is 0 Å². The van der Waals surface area contributed by atoms with Gasteiger partial charge in [-0.25, -0.2) is 0 Å². The van der Waals surface area contributed by atoms with Crippen LogP contribution in [0.3, 0.4) is 0 Å². The summed E-state index contributed by atoms with van der Waals surface area (Å²) < 4.78 is 0. The third kappa shape index (κ3) is 2.84. The number of allylic oxidation sites excluding steroid dienone is 1. The Bertz CT molecular complexity index is 182. The van der Waals surface area contributed by atoms with Gasteiger partial charge in [0.2, 0.25) is 0 Å². The summed E-state index contributed by atoms with van der Waals surface area (Å²) in [5.41, 5.74) is 0.0334. The molecule has 1 saturated carbocycles. The maximum Gasteiger partial charge on any atom is 0.0616 e. The highest BCUT2D eigenvalue weighted by atomic mass is 16.3. The number of rotatable bonds is 2. The first-order valence-electron chi connectivity index (χ1n) is 5.75. The third-order valence-corrected chi connectivity index (χ3v) is 3.48. The molecule has 1 atom stereocenters. The van der Waals surface area contributed by atoms with Gasteiger partial charge in [0.25, 0.3) is 0 Å². The summed E-state index contributed by atoms with van der Waals surface area (Å²) in [5, 5.41) is 10.1. The summed E-state index contributed by atoms with van der Waals surface area (Å²) in [6.45, 7) is 10.2. The van der Waals surface area contributed by atoms with Gasteiger partial charge >= 0.3 is 0 Å². The van der Waals surface area contributed by atoms with Crippen molar-refractivity contribution in [3.63, 3.8) is 0 Å². The minimum absolute atomic E-state index is 0.0334. The molecule has 0 spiro atoms. The molecule has 1 aliphatic carbocycles. The molecule has 1 unspecified atom stereocenters. The molecule has 1 fully saturated rings. The van der Waals surface area contributed by atoms with E-state index in [1.54, 1.807) is 0 Å². The lowest BCUT2D eigenvalue weighted by atomic mass is 9.72. The molecule has 1 N–H and O–H groups in total. The van der Waals surface area contributed by atoms with Crippen molar-refractivity contribution in [2.45, 2.75) is 52.6 Å². The quantitative estimate of drug-likeness (QED) is 0.671. The maximum absolute atomic E-state index is 10.1. The Morgan fingerprint density at radius 2 is 1.71 bits per heavy atom. The predicted molar refractivity (Wildman–Crippen MR) is 61.1 cm³/mol. The molecule has 1 aliphatic rings. The first kappa shape index (κ1) is 11.8. The predicted octanol–water partition coefficient (Wildman–Crippen LogP) is 3.39. The van der Waals surface area contributed by atoms with Gasteiger partial charge in [-0.1, -0.05) is 26.8 Å². The molecular formula is C13H24O. The van der Waals surface area contributed by atoms with Crippen LogP contribution in [0.4, 0.5) is 0 Å². The van der Waals surface area contributed by atoms with E-state index in [4.69, 9.17) is 0 Å². The van der Waals surface area contributed by atoms with Gasteiger partial charge in [0, 0.05) is 0 Å². The van der Waals surface area contributed by atoms with Crippen molar-refractivity contribution < 1.29 is 5.11 Å². The number of hydrogen-bond acceptors (Lipinski definition) is 1. The van der Waals surface area contributed by atoms with Crippen molar-refractivity contribution in [3.8, 4) is 0 Å². The number of aliphatic hydroxyl groups is 1. The van der Waals surface area contributed by atoms with Crippen LogP contribution < -0.4 is 0 Å². The SMILES string of the molecule is C=CC1CCC(C(O)C(C)(C)C)CC1. The Labute approximate surface area is 88.2 Å². The smallest absolute Gasteiger partial charge is 0.0616 e. The van der Waals surface area contributed by atoms with Gasteiger partial charge in [-0.2, -0.15) is 0 Å². The average molecular weight is 196 g/mol. The Morgan fingerprint density at radius 3 is 2.07 bits per heavy atom. The zero-order valence-electron chi connectivity index (χ0n) is 9.79. The fraction of sp³-hybridized carbons (Fsp3) is 0.846. The van der Waals surface area contributed by atoms with Crippen LogP contribution in [-0.2, 0) is 0 Å². The molecule has 0 aromatic heterocycles. The van der Waals surface area contributed by atoms with Crippen molar-refractivity contribution in [1.29, 1.82) is 0 Å². The number of aliphatic hydroxyl groups excluding tert-OH is 1. The van der Waals surface area contributed by atoms with Gasteiger partial charge in [0.05, 0.1) is 6.10 Å². The molecule has 0 saturated heterocycles. The van der Waals surface area contributed by atoms with Gasteiger partial charge in [-0.3, -0.25) is 0 Å². The second kappa shape index (κ2) is 4.48. The molecule has 1 rings (SSSR count). The van der Waals surface area contributed by atoms with Crippen molar-refractivity contribution in [2.24, 2.45) is 17.3 Å². The molecule has 1 nitrogen and oxygen atoms in total. The van der Waals surface area contributed by atoms with Crippen LogP contribution in [0.2, 0.25) is 0 Å². The third-order valence-electron chi connectivity index (χ3n) is 3.48. The lowest BCUT2D eigenvalue weighted by molar-refractivity contribution is -0.00528. The summed E-state index contributed by atoms with van der Waals surface area (Å²) in [6, 6.07) is 0. The molecule has 0 aliphatic heterocycles. The molecule has 82 valence electrons. The van der Waals surface area contributed by atoms with Crippen LogP contribution >= 0.6 is 0 Å². The lowest BCUT2D eigenvalue weighted by Gasteiger charge is -2.36. The fourth-order valence-corrected chi connectivity index (χ4v) is 2.40. The van der Waals surface area contributed by atoms with Crippen molar-refractivity contribution in [3.05, 3.63) is 12.7 Å². The van der Waals surface area contributed by atoms with Gasteiger partial charge in [-0.15, -0.1) is 6.58 Å². The molecule has 0 amide bonds. The highest BCUT2D eigenvalue weighted by molar-refractivity contribution is 4.88. The van der Waals surface area contributed by atoms with Crippen LogP contribution in [-0.4, -0.2) is 11.2 Å². The van der Waals surface area contributed by atoms with E-state index in [2.05, 4.69) is 33.4 Å². The summed E-state index contributed by atoms with van der Waals surface area (Å²) in [4.78, 5) is 0. The van der Waals surface area contributed by atoms with Crippen LogP contribution in [0.5, 0.6) is 0 Å². The van der Waals surface area contributed by atoms with E-state index in [-0.39, 0.29) is 11.5 Å². The number of hydrogen-bond donors (Lipinski definition) is 1. The van der Waals surface area contributed by atoms with Gasteiger partial charge < -0.3 is 5.11 Å². The lowest BCUT2D eigenvalue weighted by Crippen LogP contribution is -2.35. The molecule has 0 aromatic carbocycles. The van der Waals surface area contributed by atoms with Gasteiger partial charge in [0.15, 0.2) is 0 Å². The monoisotopic (exact) mass is 196 g/mol. The van der Waals surface area contributed by atoms with Crippen LogP contribution in [0.25, 0.3) is 0 Å². The second-order valence-corrected chi connectivity index (χ2v) is 5.72. The van der Waals surface area contributed by atoms with Crippen molar-refractivity contribution in [1.82, 2.24) is 0 Å². The van der Waals surface area contributed by atoms with Crippen LogP contribution in [0.1, 0.15) is 46.5 Å².